The molecule has 1 aliphatic rings. The molecule has 9 nitrogen and oxygen atoms in total. The molecule has 5 rings (SSSR count). The lowest BCUT2D eigenvalue weighted by atomic mass is 9.80. The number of carbonyl (C=O) groups is 1. The predicted octanol–water partition coefficient (Wildman–Crippen LogP) is 6.02. The molecule has 1 N–H and O–H groups in total. The Labute approximate surface area is 206 Å². The van der Waals surface area contributed by atoms with Gasteiger partial charge in [-0.3, -0.25) is 14.9 Å². The molecule has 1 aliphatic carbocycles. The number of aromatic nitrogens is 4. The van der Waals surface area contributed by atoms with Gasteiger partial charge in [-0.1, -0.05) is 55.0 Å². The summed E-state index contributed by atoms with van der Waals surface area (Å²) >= 11 is 0.829. The highest BCUT2D eigenvalue weighted by molar-refractivity contribution is 7.17. The molecule has 3 heterocycles. The average Bonchev–Trinajstić information content (AvgIpc) is 3.47. The zero-order valence-corrected chi connectivity index (χ0v) is 20.6. The van der Waals surface area contributed by atoms with Gasteiger partial charge in [0, 0.05) is 11.6 Å². The normalized spacial score (nSPS) is 20.1. The Bertz CT molecular complexity index is 1400. The number of hydrogen-bond donors (Lipinski definition) is 1. The molecule has 10 heteroatoms. The maximum Gasteiger partial charge on any atom is 0.324 e. The van der Waals surface area contributed by atoms with E-state index in [4.69, 9.17) is 4.98 Å². The summed E-state index contributed by atoms with van der Waals surface area (Å²) < 4.78 is 1.98. The van der Waals surface area contributed by atoms with Gasteiger partial charge in [-0.2, -0.15) is 5.10 Å². The Morgan fingerprint density at radius 2 is 1.80 bits per heavy atom. The highest BCUT2D eigenvalue weighted by atomic mass is 32.1. The predicted molar refractivity (Wildman–Crippen MR) is 136 cm³/mol. The summed E-state index contributed by atoms with van der Waals surface area (Å²) in [5.41, 5.74) is 2.63. The van der Waals surface area contributed by atoms with Gasteiger partial charge in [-0.05, 0) is 44.1 Å². The zero-order valence-electron chi connectivity index (χ0n) is 19.8. The second kappa shape index (κ2) is 9.18. The van der Waals surface area contributed by atoms with E-state index in [2.05, 4.69) is 29.2 Å². The van der Waals surface area contributed by atoms with E-state index < -0.39 is 10.8 Å². The van der Waals surface area contributed by atoms with Crippen molar-refractivity contribution in [2.75, 3.05) is 5.32 Å². The molecule has 1 fully saturated rings. The van der Waals surface area contributed by atoms with Crippen molar-refractivity contribution in [1.82, 2.24) is 19.7 Å². The lowest BCUT2D eigenvalue weighted by molar-refractivity contribution is -0.380. The molecule has 0 spiro atoms. The highest BCUT2D eigenvalue weighted by Crippen LogP contribution is 2.38. The van der Waals surface area contributed by atoms with Crippen LogP contribution in [0.3, 0.4) is 0 Å². The van der Waals surface area contributed by atoms with Crippen molar-refractivity contribution in [2.24, 2.45) is 11.8 Å². The fraction of sp³-hybridized carbons (Fsp3) is 0.360. The Morgan fingerprint density at radius 3 is 2.46 bits per heavy atom. The van der Waals surface area contributed by atoms with Gasteiger partial charge in [0.25, 0.3) is 5.91 Å². The summed E-state index contributed by atoms with van der Waals surface area (Å²) in [6, 6.07) is 10.9. The Kier molecular flexibility index (Phi) is 6.06. The van der Waals surface area contributed by atoms with Crippen LogP contribution in [-0.4, -0.2) is 30.6 Å². The molecule has 3 aromatic heterocycles. The minimum atomic E-state index is -0.504. The van der Waals surface area contributed by atoms with Crippen molar-refractivity contribution in [3.63, 3.8) is 0 Å². The van der Waals surface area contributed by atoms with Crippen molar-refractivity contribution in [2.45, 2.75) is 46.1 Å². The Balaban J connectivity index is 1.58. The van der Waals surface area contributed by atoms with Crippen LogP contribution in [0.4, 0.5) is 10.8 Å². The van der Waals surface area contributed by atoms with Gasteiger partial charge in [0.05, 0.1) is 27.4 Å². The van der Waals surface area contributed by atoms with Gasteiger partial charge in [0.1, 0.15) is 5.82 Å². The molecule has 1 amide bonds. The maximum atomic E-state index is 13.0. The van der Waals surface area contributed by atoms with Gasteiger partial charge in [0.15, 0.2) is 11.5 Å². The van der Waals surface area contributed by atoms with Gasteiger partial charge in [0.2, 0.25) is 0 Å². The maximum absolute atomic E-state index is 13.0. The van der Waals surface area contributed by atoms with Crippen LogP contribution in [0.1, 0.15) is 54.4 Å². The number of carbonyl (C=O) groups excluding carboxylic acids is 1. The van der Waals surface area contributed by atoms with Crippen molar-refractivity contribution < 1.29 is 9.72 Å². The summed E-state index contributed by atoms with van der Waals surface area (Å²) in [6.07, 6.45) is 4.94. The second-order valence-corrected chi connectivity index (χ2v) is 10.6. The van der Waals surface area contributed by atoms with Crippen LogP contribution in [0.25, 0.3) is 22.4 Å². The average molecular weight is 491 g/mol. The summed E-state index contributed by atoms with van der Waals surface area (Å²) in [6.45, 7) is 6.56. The molecule has 1 saturated carbocycles. The number of nitro groups is 1. The molecule has 0 saturated heterocycles. The minimum Gasteiger partial charge on any atom is -0.305 e. The number of anilines is 1. The Morgan fingerprint density at radius 1 is 1.09 bits per heavy atom. The summed E-state index contributed by atoms with van der Waals surface area (Å²) in [4.78, 5) is 33.3. The lowest BCUT2D eigenvalue weighted by Crippen LogP contribution is -2.23. The number of fused-ring (bicyclic) bond motifs is 1. The Hall–Kier alpha value is -3.66. The van der Waals surface area contributed by atoms with Crippen molar-refractivity contribution in [1.29, 1.82) is 0 Å². The first kappa shape index (κ1) is 23.1. The van der Waals surface area contributed by atoms with Crippen LogP contribution < -0.4 is 5.32 Å². The monoisotopic (exact) mass is 490 g/mol. The number of amides is 1. The van der Waals surface area contributed by atoms with Crippen LogP contribution >= 0.6 is 11.3 Å². The molecule has 180 valence electrons. The van der Waals surface area contributed by atoms with E-state index in [1.807, 2.05) is 35.9 Å². The zero-order chi connectivity index (χ0) is 24.7. The number of benzene rings is 1. The summed E-state index contributed by atoms with van der Waals surface area (Å²) in [5.74, 6) is 1.56. The van der Waals surface area contributed by atoms with Gasteiger partial charge < -0.3 is 5.32 Å². The second-order valence-electron chi connectivity index (χ2n) is 9.51. The smallest absolute Gasteiger partial charge is 0.305 e. The van der Waals surface area contributed by atoms with Crippen LogP contribution in [0, 0.1) is 28.9 Å². The summed E-state index contributed by atoms with van der Waals surface area (Å²) in [5, 5.41) is 19.1. The van der Waals surface area contributed by atoms with E-state index in [1.54, 1.807) is 6.20 Å². The first-order valence-electron chi connectivity index (χ1n) is 11.7. The fourth-order valence-corrected chi connectivity index (χ4v) is 5.66. The van der Waals surface area contributed by atoms with Crippen molar-refractivity contribution in [3.8, 4) is 11.4 Å². The topological polar surface area (TPSA) is 116 Å². The number of rotatable bonds is 5. The largest absolute Gasteiger partial charge is 0.324 e. The minimum absolute atomic E-state index is 0.0864. The molecule has 2 unspecified atom stereocenters. The molecular formula is C25H26N6O3S. The number of thiophene rings is 1. The third-order valence-electron chi connectivity index (χ3n) is 6.49. The number of nitrogens with zero attached hydrogens (tertiary/aromatic N) is 5. The molecule has 4 aromatic rings. The number of aryl methyl sites for hydroxylation is 1. The third kappa shape index (κ3) is 4.66. The first-order chi connectivity index (χ1) is 16.8. The molecule has 0 bridgehead atoms. The van der Waals surface area contributed by atoms with E-state index in [-0.39, 0.29) is 15.9 Å². The van der Waals surface area contributed by atoms with Crippen LogP contribution in [0.2, 0.25) is 0 Å². The third-order valence-corrected chi connectivity index (χ3v) is 7.53. The van der Waals surface area contributed by atoms with Gasteiger partial charge in [-0.15, -0.1) is 0 Å². The quantitative estimate of drug-likeness (QED) is 0.270. The standard InChI is InChI=1S/C25H26N6O3S/c1-14-4-6-17(7-5-14)22-27-23(29-25(32)20-8-9-21(35-20)31(33)34)19-13-26-30(24(19)28-22)18-11-15(2)10-16(3)12-18/h4-9,13,15-16,18H,10-12H2,1-3H3,(H,27,28,29,32). The van der Waals surface area contributed by atoms with Crippen molar-refractivity contribution >= 4 is 39.1 Å². The summed E-state index contributed by atoms with van der Waals surface area (Å²) in [7, 11) is 0. The SMILES string of the molecule is Cc1ccc(-c2nc(NC(=O)c3ccc([N+](=O)[O-])s3)c3cnn(C4CC(C)CC(C)C4)c3n2)cc1. The van der Waals surface area contributed by atoms with Gasteiger partial charge in [-0.25, -0.2) is 14.6 Å². The first-order valence-corrected chi connectivity index (χ1v) is 12.5. The van der Waals surface area contributed by atoms with Crippen LogP contribution in [-0.2, 0) is 0 Å². The molecule has 1 aromatic carbocycles. The number of nitrogens with one attached hydrogen (secondary N) is 1. The highest BCUT2D eigenvalue weighted by Gasteiger charge is 2.28. The van der Waals surface area contributed by atoms with E-state index in [0.29, 0.717) is 34.5 Å². The molecule has 35 heavy (non-hydrogen) atoms. The number of hydrogen-bond acceptors (Lipinski definition) is 7. The van der Waals surface area contributed by atoms with E-state index in [9.17, 15) is 14.9 Å². The van der Waals surface area contributed by atoms with Crippen LogP contribution in [0.5, 0.6) is 0 Å². The molecule has 0 aliphatic heterocycles. The fourth-order valence-electron chi connectivity index (χ4n) is 4.94. The molecule has 0 radical (unpaired) electrons. The van der Waals surface area contributed by atoms with E-state index in [1.165, 1.54) is 18.6 Å². The molecular weight excluding hydrogens is 464 g/mol. The van der Waals surface area contributed by atoms with Crippen LogP contribution in [0.15, 0.2) is 42.6 Å². The van der Waals surface area contributed by atoms with Crippen molar-refractivity contribution in [3.05, 3.63) is 63.1 Å². The van der Waals surface area contributed by atoms with E-state index in [0.717, 1.165) is 35.3 Å². The lowest BCUT2D eigenvalue weighted by Gasteiger charge is -2.31. The van der Waals surface area contributed by atoms with E-state index >= 15 is 0 Å². The molecule has 2 atom stereocenters. The van der Waals surface area contributed by atoms with Gasteiger partial charge >= 0.3 is 5.00 Å².